The number of hydrogen-bond donors (Lipinski definition) is 1. The molecule has 1 unspecified atom stereocenters. The first-order chi connectivity index (χ1) is 10.1. The van der Waals surface area contributed by atoms with Crippen molar-refractivity contribution in [3.8, 4) is 5.75 Å². The number of benzene rings is 2. The van der Waals surface area contributed by atoms with E-state index in [4.69, 9.17) is 20.8 Å². The number of aliphatic hydroxyl groups excluding tert-OH is 1. The molecule has 3 aromatic rings. The fraction of sp³-hybridized carbons (Fsp3) is 0.125. The summed E-state index contributed by atoms with van der Waals surface area (Å²) in [6.45, 7) is 0. The van der Waals surface area contributed by atoms with Crippen molar-refractivity contribution in [2.45, 2.75) is 6.10 Å². The molecule has 0 saturated heterocycles. The van der Waals surface area contributed by atoms with E-state index in [1.807, 2.05) is 6.07 Å². The van der Waals surface area contributed by atoms with Crippen molar-refractivity contribution >= 4 is 22.6 Å². The highest BCUT2D eigenvalue weighted by atomic mass is 35.5. The van der Waals surface area contributed by atoms with Crippen molar-refractivity contribution in [3.63, 3.8) is 0 Å². The van der Waals surface area contributed by atoms with Gasteiger partial charge in [-0.25, -0.2) is 4.39 Å². The number of fused-ring (bicyclic) bond motifs is 1. The molecular weight excluding hydrogens is 295 g/mol. The summed E-state index contributed by atoms with van der Waals surface area (Å²) in [6.07, 6.45) is -1.21. The zero-order valence-electron chi connectivity index (χ0n) is 11.1. The van der Waals surface area contributed by atoms with Gasteiger partial charge in [-0.15, -0.1) is 0 Å². The molecule has 0 saturated carbocycles. The molecule has 5 heteroatoms. The molecule has 0 aliphatic rings. The summed E-state index contributed by atoms with van der Waals surface area (Å²) >= 11 is 6.03. The van der Waals surface area contributed by atoms with Crippen molar-refractivity contribution in [1.29, 1.82) is 0 Å². The fourth-order valence-corrected chi connectivity index (χ4v) is 2.41. The van der Waals surface area contributed by atoms with E-state index >= 15 is 0 Å². The van der Waals surface area contributed by atoms with Gasteiger partial charge < -0.3 is 14.3 Å². The summed E-state index contributed by atoms with van der Waals surface area (Å²) in [5.41, 5.74) is 0.591. The van der Waals surface area contributed by atoms with Gasteiger partial charge in [0, 0.05) is 17.0 Å². The molecule has 108 valence electrons. The molecule has 21 heavy (non-hydrogen) atoms. The van der Waals surface area contributed by atoms with E-state index < -0.39 is 11.9 Å². The molecule has 0 aliphatic heterocycles. The van der Waals surface area contributed by atoms with Gasteiger partial charge in [0.1, 0.15) is 23.4 Å². The number of para-hydroxylation sites is 1. The molecule has 1 N–H and O–H groups in total. The highest BCUT2D eigenvalue weighted by Gasteiger charge is 2.20. The van der Waals surface area contributed by atoms with Gasteiger partial charge in [0.25, 0.3) is 0 Å². The summed E-state index contributed by atoms with van der Waals surface area (Å²) in [5.74, 6) is 0.0617. The highest BCUT2D eigenvalue weighted by molar-refractivity contribution is 6.34. The van der Waals surface area contributed by atoms with Gasteiger partial charge in [-0.05, 0) is 24.3 Å². The molecular formula is C16H12ClFO3. The Morgan fingerprint density at radius 2 is 2.05 bits per heavy atom. The Bertz CT molecular complexity index is 797. The number of hydrogen-bond acceptors (Lipinski definition) is 3. The van der Waals surface area contributed by atoms with Crippen molar-refractivity contribution in [1.82, 2.24) is 0 Å². The Hall–Kier alpha value is -2.04. The molecule has 0 amide bonds. The normalized spacial score (nSPS) is 12.6. The van der Waals surface area contributed by atoms with Crippen LogP contribution in [0.25, 0.3) is 11.0 Å². The molecule has 1 atom stereocenters. The van der Waals surface area contributed by atoms with Crippen LogP contribution in [-0.4, -0.2) is 12.2 Å². The third-order valence-corrected chi connectivity index (χ3v) is 3.58. The molecule has 0 aliphatic carbocycles. The summed E-state index contributed by atoms with van der Waals surface area (Å²) in [6, 6.07) is 11.2. The Kier molecular flexibility index (Phi) is 3.57. The first-order valence-electron chi connectivity index (χ1n) is 6.29. The van der Waals surface area contributed by atoms with Crippen LogP contribution in [0.2, 0.25) is 5.02 Å². The van der Waals surface area contributed by atoms with E-state index in [0.29, 0.717) is 16.4 Å². The van der Waals surface area contributed by atoms with Gasteiger partial charge in [-0.2, -0.15) is 0 Å². The third-order valence-electron chi connectivity index (χ3n) is 3.29. The van der Waals surface area contributed by atoms with Crippen LogP contribution < -0.4 is 4.74 Å². The minimum atomic E-state index is -1.21. The van der Waals surface area contributed by atoms with Crippen molar-refractivity contribution in [3.05, 3.63) is 64.6 Å². The number of rotatable bonds is 3. The summed E-state index contributed by atoms with van der Waals surface area (Å²) in [4.78, 5) is 0. The topological polar surface area (TPSA) is 42.6 Å². The molecule has 0 bridgehead atoms. The molecule has 3 rings (SSSR count). The van der Waals surface area contributed by atoms with Gasteiger partial charge >= 0.3 is 0 Å². The minimum Gasteiger partial charge on any atom is -0.497 e. The van der Waals surface area contributed by atoms with Crippen LogP contribution in [0.1, 0.15) is 17.4 Å². The number of aliphatic hydroxyl groups is 1. The van der Waals surface area contributed by atoms with E-state index in [1.165, 1.54) is 19.2 Å². The summed E-state index contributed by atoms with van der Waals surface area (Å²) in [5, 5.41) is 11.5. The van der Waals surface area contributed by atoms with E-state index in [-0.39, 0.29) is 11.3 Å². The van der Waals surface area contributed by atoms with Gasteiger partial charge in [-0.1, -0.05) is 23.7 Å². The predicted octanol–water partition coefficient (Wildman–Crippen LogP) is 4.32. The van der Waals surface area contributed by atoms with Crippen LogP contribution in [0.15, 0.2) is 46.9 Å². The van der Waals surface area contributed by atoms with Crippen LogP contribution in [0, 0.1) is 5.82 Å². The summed E-state index contributed by atoms with van der Waals surface area (Å²) < 4.78 is 24.5. The first-order valence-corrected chi connectivity index (χ1v) is 6.67. The number of furan rings is 1. The van der Waals surface area contributed by atoms with Crippen molar-refractivity contribution in [2.24, 2.45) is 0 Å². The maximum absolute atomic E-state index is 14.0. The number of halogens is 2. The molecule has 0 radical (unpaired) electrons. The lowest BCUT2D eigenvalue weighted by atomic mass is 10.1. The monoisotopic (exact) mass is 306 g/mol. The Morgan fingerprint density at radius 1 is 1.24 bits per heavy atom. The average Bonchev–Trinajstić information content (AvgIpc) is 2.92. The van der Waals surface area contributed by atoms with Crippen molar-refractivity contribution < 1.29 is 18.7 Å². The van der Waals surface area contributed by atoms with Crippen LogP contribution >= 0.6 is 11.6 Å². The van der Waals surface area contributed by atoms with Gasteiger partial charge in [-0.3, -0.25) is 0 Å². The highest BCUT2D eigenvalue weighted by Crippen LogP contribution is 2.33. The quantitative estimate of drug-likeness (QED) is 0.784. The van der Waals surface area contributed by atoms with E-state index in [9.17, 15) is 9.50 Å². The Labute approximate surface area is 125 Å². The predicted molar refractivity (Wildman–Crippen MR) is 78.2 cm³/mol. The molecule has 2 aromatic carbocycles. The lowest BCUT2D eigenvalue weighted by Crippen LogP contribution is -2.01. The van der Waals surface area contributed by atoms with E-state index in [1.54, 1.807) is 24.3 Å². The van der Waals surface area contributed by atoms with Crippen LogP contribution in [-0.2, 0) is 0 Å². The van der Waals surface area contributed by atoms with Gasteiger partial charge in [0.2, 0.25) is 0 Å². The second kappa shape index (κ2) is 5.39. The molecule has 1 heterocycles. The van der Waals surface area contributed by atoms with Crippen LogP contribution in [0.4, 0.5) is 4.39 Å². The van der Waals surface area contributed by atoms with Crippen LogP contribution in [0.3, 0.4) is 0 Å². The Balaban J connectivity index is 2.04. The molecule has 0 spiro atoms. The SMILES string of the molecule is COc1ccc(C(O)c2cc3cccc(Cl)c3o2)c(F)c1. The van der Waals surface area contributed by atoms with E-state index in [2.05, 4.69) is 0 Å². The first kappa shape index (κ1) is 13.9. The maximum atomic E-state index is 14.0. The molecule has 3 nitrogen and oxygen atoms in total. The summed E-state index contributed by atoms with van der Waals surface area (Å²) in [7, 11) is 1.45. The van der Waals surface area contributed by atoms with Gasteiger partial charge in [0.15, 0.2) is 5.58 Å². The van der Waals surface area contributed by atoms with Crippen molar-refractivity contribution in [2.75, 3.05) is 7.11 Å². The number of methoxy groups -OCH3 is 1. The van der Waals surface area contributed by atoms with Gasteiger partial charge in [0.05, 0.1) is 12.1 Å². The second-order valence-electron chi connectivity index (χ2n) is 4.60. The lowest BCUT2D eigenvalue weighted by molar-refractivity contribution is 0.187. The standard InChI is InChI=1S/C16H12ClFO3/c1-20-10-5-6-11(13(18)8-10)15(19)14-7-9-3-2-4-12(17)16(9)21-14/h2-8,15,19H,1H3. The lowest BCUT2D eigenvalue weighted by Gasteiger charge is -2.10. The molecule has 1 aromatic heterocycles. The maximum Gasteiger partial charge on any atom is 0.153 e. The zero-order chi connectivity index (χ0) is 15.0. The number of ether oxygens (including phenoxy) is 1. The Morgan fingerprint density at radius 3 is 2.71 bits per heavy atom. The largest absolute Gasteiger partial charge is 0.497 e. The third kappa shape index (κ3) is 2.48. The van der Waals surface area contributed by atoms with E-state index in [0.717, 1.165) is 5.39 Å². The van der Waals surface area contributed by atoms with Crippen LogP contribution in [0.5, 0.6) is 5.75 Å². The minimum absolute atomic E-state index is 0.117. The second-order valence-corrected chi connectivity index (χ2v) is 5.00. The smallest absolute Gasteiger partial charge is 0.153 e. The average molecular weight is 307 g/mol. The zero-order valence-corrected chi connectivity index (χ0v) is 11.9. The fourth-order valence-electron chi connectivity index (χ4n) is 2.19. The molecule has 0 fully saturated rings.